The van der Waals surface area contributed by atoms with Gasteiger partial charge in [0, 0.05) is 6.07 Å². The van der Waals surface area contributed by atoms with E-state index in [1.165, 1.54) is 14.2 Å². The highest BCUT2D eigenvalue weighted by Crippen LogP contribution is 2.33. The van der Waals surface area contributed by atoms with E-state index in [9.17, 15) is 4.79 Å². The molecule has 0 saturated carbocycles. The number of methoxy groups -OCH3 is 4. The first-order valence-corrected chi connectivity index (χ1v) is 8.06. The minimum atomic E-state index is -0.570. The van der Waals surface area contributed by atoms with E-state index in [0.717, 1.165) is 0 Å². The number of cyclic esters (lactones) is 1. The second-order valence-electron chi connectivity index (χ2n) is 5.52. The molecule has 2 aromatic carbocycles. The van der Waals surface area contributed by atoms with Gasteiger partial charge in [-0.05, 0) is 35.9 Å². The fourth-order valence-electron chi connectivity index (χ4n) is 2.65. The van der Waals surface area contributed by atoms with E-state index in [4.69, 9.17) is 23.7 Å². The van der Waals surface area contributed by atoms with Crippen LogP contribution < -0.4 is 18.9 Å². The highest BCUT2D eigenvalue weighted by atomic mass is 16.6. The molecule has 0 spiro atoms. The minimum absolute atomic E-state index is 0.121. The van der Waals surface area contributed by atoms with Crippen LogP contribution in [0.15, 0.2) is 47.1 Å². The summed E-state index contributed by atoms with van der Waals surface area (Å²) in [6.45, 7) is 0. The molecule has 0 bridgehead atoms. The predicted octanol–water partition coefficient (Wildman–Crippen LogP) is 3.07. The molecule has 1 aliphatic rings. The third-order valence-electron chi connectivity index (χ3n) is 3.94. The lowest BCUT2D eigenvalue weighted by Crippen LogP contribution is -2.08. The largest absolute Gasteiger partial charge is 0.497 e. The van der Waals surface area contributed by atoms with Gasteiger partial charge in [-0.3, -0.25) is 0 Å². The summed E-state index contributed by atoms with van der Waals surface area (Å²) in [7, 11) is 6.16. The number of hydrogen-bond acceptors (Lipinski definition) is 7. The Labute approximate surface area is 156 Å². The highest BCUT2D eigenvalue weighted by Gasteiger charge is 2.29. The molecule has 1 aliphatic heterocycles. The molecule has 140 valence electrons. The molecular weight excluding hydrogens is 350 g/mol. The second kappa shape index (κ2) is 7.82. The van der Waals surface area contributed by atoms with Gasteiger partial charge in [0.2, 0.25) is 5.90 Å². The summed E-state index contributed by atoms with van der Waals surface area (Å²) in [6.07, 6.45) is 1.60. The van der Waals surface area contributed by atoms with E-state index >= 15 is 0 Å². The summed E-state index contributed by atoms with van der Waals surface area (Å²) in [6, 6.07) is 10.5. The number of nitrogens with zero attached hydrogens (tertiary/aromatic N) is 1. The minimum Gasteiger partial charge on any atom is -0.497 e. The topological polar surface area (TPSA) is 75.6 Å². The monoisotopic (exact) mass is 369 g/mol. The van der Waals surface area contributed by atoms with Crippen LogP contribution in [0.25, 0.3) is 6.08 Å². The van der Waals surface area contributed by atoms with Crippen LogP contribution in [0.3, 0.4) is 0 Å². The molecule has 0 N–H and O–H groups in total. The normalized spacial score (nSPS) is 14.6. The van der Waals surface area contributed by atoms with Crippen molar-refractivity contribution in [3.63, 3.8) is 0 Å². The van der Waals surface area contributed by atoms with Crippen molar-refractivity contribution in [2.24, 2.45) is 4.99 Å². The molecule has 2 aromatic rings. The molecular formula is C20H19NO6. The summed E-state index contributed by atoms with van der Waals surface area (Å²) in [5.41, 5.74) is 1.31. The number of esters is 1. The van der Waals surface area contributed by atoms with Gasteiger partial charge in [-0.2, -0.15) is 0 Å². The third-order valence-corrected chi connectivity index (χ3v) is 3.94. The zero-order valence-electron chi connectivity index (χ0n) is 15.4. The van der Waals surface area contributed by atoms with Gasteiger partial charge < -0.3 is 23.7 Å². The molecule has 0 radical (unpaired) electrons. The van der Waals surface area contributed by atoms with Crippen molar-refractivity contribution in [1.82, 2.24) is 0 Å². The smallest absolute Gasteiger partial charge is 0.363 e. The average molecular weight is 369 g/mol. The lowest BCUT2D eigenvalue weighted by molar-refractivity contribution is -0.129. The van der Waals surface area contributed by atoms with Crippen LogP contribution in [0.4, 0.5) is 0 Å². The molecule has 0 saturated heterocycles. The van der Waals surface area contributed by atoms with Crippen molar-refractivity contribution in [3.8, 4) is 23.0 Å². The van der Waals surface area contributed by atoms with Crippen LogP contribution in [0.5, 0.6) is 23.0 Å². The lowest BCUT2D eigenvalue weighted by Gasteiger charge is -2.11. The fourth-order valence-corrected chi connectivity index (χ4v) is 2.65. The Kier molecular flexibility index (Phi) is 5.30. The van der Waals surface area contributed by atoms with Gasteiger partial charge in [0.15, 0.2) is 5.70 Å². The van der Waals surface area contributed by atoms with Crippen molar-refractivity contribution in [2.75, 3.05) is 28.4 Å². The van der Waals surface area contributed by atoms with Crippen molar-refractivity contribution in [3.05, 3.63) is 53.2 Å². The Morgan fingerprint density at radius 1 is 0.889 bits per heavy atom. The summed E-state index contributed by atoms with van der Waals surface area (Å²) in [5, 5.41) is 0. The average Bonchev–Trinajstić information content (AvgIpc) is 3.06. The number of rotatable bonds is 6. The standard InChI is InChI=1S/C20H19NO6/c1-23-13-8-12(9-14(11-13)24-2)10-15-20(22)27-19(21-15)18-16(25-3)6-5-7-17(18)26-4/h5-11H,1-4H3/b15-10+. The van der Waals surface area contributed by atoms with Gasteiger partial charge in [-0.1, -0.05) is 6.07 Å². The van der Waals surface area contributed by atoms with Gasteiger partial charge in [-0.15, -0.1) is 0 Å². The van der Waals surface area contributed by atoms with Gasteiger partial charge in [0.25, 0.3) is 0 Å². The van der Waals surface area contributed by atoms with Crippen LogP contribution in [0, 0.1) is 0 Å². The molecule has 27 heavy (non-hydrogen) atoms. The van der Waals surface area contributed by atoms with Crippen LogP contribution in [0.2, 0.25) is 0 Å². The van der Waals surface area contributed by atoms with Crippen molar-refractivity contribution in [1.29, 1.82) is 0 Å². The van der Waals surface area contributed by atoms with Crippen LogP contribution in [-0.4, -0.2) is 40.3 Å². The third kappa shape index (κ3) is 3.72. The van der Waals surface area contributed by atoms with Crippen LogP contribution >= 0.6 is 0 Å². The summed E-state index contributed by atoms with van der Waals surface area (Å²) in [5.74, 6) is 1.73. The number of carbonyl (C=O) groups excluding carboxylic acids is 1. The molecule has 0 unspecified atom stereocenters. The van der Waals surface area contributed by atoms with E-state index in [0.29, 0.717) is 34.1 Å². The predicted molar refractivity (Wildman–Crippen MR) is 99.7 cm³/mol. The SMILES string of the molecule is COc1cc(/C=C2/N=C(c3c(OC)cccc3OC)OC2=O)cc(OC)c1. The molecule has 1 heterocycles. The molecule has 3 rings (SSSR count). The van der Waals surface area contributed by atoms with Gasteiger partial charge in [0.1, 0.15) is 28.6 Å². The fraction of sp³-hybridized carbons (Fsp3) is 0.200. The maximum absolute atomic E-state index is 12.3. The second-order valence-corrected chi connectivity index (χ2v) is 5.52. The quantitative estimate of drug-likeness (QED) is 0.575. The zero-order valence-corrected chi connectivity index (χ0v) is 15.4. The summed E-state index contributed by atoms with van der Waals surface area (Å²) >= 11 is 0. The van der Waals surface area contributed by atoms with Crippen LogP contribution in [-0.2, 0) is 9.53 Å². The Hall–Kier alpha value is -3.48. The lowest BCUT2D eigenvalue weighted by atomic mass is 10.1. The van der Waals surface area contributed by atoms with E-state index in [2.05, 4.69) is 4.99 Å². The van der Waals surface area contributed by atoms with Crippen molar-refractivity contribution < 1.29 is 28.5 Å². The van der Waals surface area contributed by atoms with E-state index in [1.54, 1.807) is 56.7 Å². The number of hydrogen-bond donors (Lipinski definition) is 0. The van der Waals surface area contributed by atoms with Crippen molar-refractivity contribution >= 4 is 17.9 Å². The van der Waals surface area contributed by atoms with Gasteiger partial charge in [-0.25, -0.2) is 9.79 Å². The first-order valence-electron chi connectivity index (χ1n) is 8.06. The Balaban J connectivity index is 2.04. The van der Waals surface area contributed by atoms with E-state index in [1.807, 2.05) is 0 Å². The number of carbonyl (C=O) groups is 1. The number of benzene rings is 2. The number of aliphatic imine (C=N–C) groups is 1. The van der Waals surface area contributed by atoms with Gasteiger partial charge in [0.05, 0.1) is 28.4 Å². The maximum Gasteiger partial charge on any atom is 0.363 e. The van der Waals surface area contributed by atoms with Crippen molar-refractivity contribution in [2.45, 2.75) is 0 Å². The van der Waals surface area contributed by atoms with Gasteiger partial charge >= 0.3 is 5.97 Å². The zero-order chi connectivity index (χ0) is 19.4. The molecule has 0 atom stereocenters. The first-order chi connectivity index (χ1) is 13.1. The molecule has 0 aromatic heterocycles. The molecule has 7 heteroatoms. The Morgan fingerprint density at radius 3 is 2.00 bits per heavy atom. The highest BCUT2D eigenvalue weighted by molar-refractivity contribution is 6.14. The maximum atomic E-state index is 12.3. The van der Waals surface area contributed by atoms with E-state index < -0.39 is 5.97 Å². The number of ether oxygens (including phenoxy) is 5. The molecule has 0 aliphatic carbocycles. The summed E-state index contributed by atoms with van der Waals surface area (Å²) in [4.78, 5) is 16.6. The van der Waals surface area contributed by atoms with Crippen LogP contribution in [0.1, 0.15) is 11.1 Å². The molecule has 7 nitrogen and oxygen atoms in total. The van der Waals surface area contributed by atoms with E-state index in [-0.39, 0.29) is 11.6 Å². The Morgan fingerprint density at radius 2 is 1.48 bits per heavy atom. The Bertz CT molecular complexity index is 888. The molecule has 0 amide bonds. The summed E-state index contributed by atoms with van der Waals surface area (Å²) < 4.78 is 26.5. The molecule has 0 fully saturated rings. The first kappa shape index (κ1) is 18.3.